The highest BCUT2D eigenvalue weighted by atomic mass is 79.9. The van der Waals surface area contributed by atoms with Gasteiger partial charge in [-0.1, -0.05) is 6.07 Å². The lowest BCUT2D eigenvalue weighted by Gasteiger charge is -2.17. The predicted octanol–water partition coefficient (Wildman–Crippen LogP) is 4.49. The Morgan fingerprint density at radius 3 is 2.04 bits per heavy atom. The molecule has 0 atom stereocenters. The number of anilines is 1. The molecule has 0 aliphatic rings. The van der Waals surface area contributed by atoms with E-state index in [-0.39, 0.29) is 25.8 Å². The number of carbonyl (C=O) groups is 2. The first kappa shape index (κ1) is 18.6. The first-order chi connectivity index (χ1) is 10.7. The number of benzene rings is 2. The fraction of sp³-hybridized carbons (Fsp3) is 0. The Labute approximate surface area is 164 Å². The third kappa shape index (κ3) is 3.84. The smallest absolute Gasteiger partial charge is 0.257 e. The van der Waals surface area contributed by atoms with Crippen LogP contribution >= 0.6 is 63.7 Å². The minimum Gasteiger partial charge on any atom is -0.545 e. The number of nitrogens with one attached hydrogen (secondary N) is 1. The zero-order valence-electron chi connectivity index (χ0n) is 10.9. The molecule has 0 unspecified atom stereocenters. The van der Waals surface area contributed by atoms with Crippen molar-refractivity contribution in [3.8, 4) is 0 Å². The van der Waals surface area contributed by atoms with Crippen molar-refractivity contribution in [3.05, 3.63) is 59.1 Å². The highest BCUT2D eigenvalue weighted by Crippen LogP contribution is 2.42. The van der Waals surface area contributed by atoms with Gasteiger partial charge in [0.25, 0.3) is 5.91 Å². The Balaban J connectivity index is 2.58. The molecule has 0 aromatic heterocycles. The Bertz CT molecular complexity index is 826. The lowest BCUT2D eigenvalue weighted by Crippen LogP contribution is -2.28. The Morgan fingerprint density at radius 2 is 1.52 bits per heavy atom. The van der Waals surface area contributed by atoms with Crippen molar-refractivity contribution in [2.75, 3.05) is 5.32 Å². The topological polar surface area (TPSA) is 69.2 Å². The zero-order valence-corrected chi connectivity index (χ0v) is 17.3. The normalized spacial score (nSPS) is 10.5. The molecule has 0 heterocycles. The van der Waals surface area contributed by atoms with Gasteiger partial charge < -0.3 is 15.2 Å². The highest BCUT2D eigenvalue weighted by Gasteiger charge is 2.24. The number of carbonyl (C=O) groups excluding carboxylic acids is 2. The average molecular weight is 574 g/mol. The van der Waals surface area contributed by atoms with Gasteiger partial charge in [0.15, 0.2) is 0 Å². The van der Waals surface area contributed by atoms with Gasteiger partial charge in [-0.2, -0.15) is 0 Å². The van der Waals surface area contributed by atoms with Gasteiger partial charge in [0.05, 0.1) is 11.5 Å². The quantitative estimate of drug-likeness (QED) is 0.435. The maximum absolute atomic E-state index is 13.2. The van der Waals surface area contributed by atoms with E-state index in [9.17, 15) is 19.1 Å². The van der Waals surface area contributed by atoms with Crippen LogP contribution in [-0.4, -0.2) is 11.9 Å². The third-order valence-corrected chi connectivity index (χ3v) is 7.55. The minimum atomic E-state index is -1.53. The summed E-state index contributed by atoms with van der Waals surface area (Å²) in [7, 11) is 0. The van der Waals surface area contributed by atoms with Gasteiger partial charge in [0, 0.05) is 29.1 Å². The monoisotopic (exact) mass is 570 g/mol. The summed E-state index contributed by atoms with van der Waals surface area (Å²) in [5, 5.41) is 13.9. The molecule has 9 heteroatoms. The Hall–Kier alpha value is -0.770. The second-order valence-corrected chi connectivity index (χ2v) is 7.43. The molecule has 4 nitrogen and oxygen atoms in total. The first-order valence-electron chi connectivity index (χ1n) is 5.88. The number of aromatic carboxylic acids is 1. The van der Waals surface area contributed by atoms with Crippen LogP contribution < -0.4 is 10.4 Å². The van der Waals surface area contributed by atoms with Crippen LogP contribution in [0.3, 0.4) is 0 Å². The SMILES string of the molecule is O=C([O-])c1c(Br)c(Br)c(Br)c(Br)c1C(=O)Nc1cccc(F)c1. The molecule has 120 valence electrons. The maximum atomic E-state index is 13.2. The van der Waals surface area contributed by atoms with Crippen LogP contribution in [0, 0.1) is 5.82 Å². The lowest BCUT2D eigenvalue weighted by molar-refractivity contribution is -0.255. The molecule has 0 fully saturated rings. The Morgan fingerprint density at radius 1 is 0.957 bits per heavy atom. The van der Waals surface area contributed by atoms with Gasteiger partial charge >= 0.3 is 0 Å². The predicted molar refractivity (Wildman–Crippen MR) is 95.9 cm³/mol. The maximum Gasteiger partial charge on any atom is 0.257 e. The lowest BCUT2D eigenvalue weighted by atomic mass is 10.1. The fourth-order valence-electron chi connectivity index (χ4n) is 1.80. The van der Waals surface area contributed by atoms with E-state index in [1.165, 1.54) is 18.2 Å². The van der Waals surface area contributed by atoms with Crippen LogP contribution in [0.15, 0.2) is 42.2 Å². The molecule has 2 aromatic rings. The molecule has 0 saturated heterocycles. The van der Waals surface area contributed by atoms with Gasteiger partial charge in [-0.3, -0.25) is 4.79 Å². The van der Waals surface area contributed by atoms with Gasteiger partial charge in [0.1, 0.15) is 5.82 Å². The number of rotatable bonds is 3. The minimum absolute atomic E-state index is 0.150. The number of hydrogen-bond acceptors (Lipinski definition) is 3. The van der Waals surface area contributed by atoms with Crippen molar-refractivity contribution in [2.45, 2.75) is 0 Å². The van der Waals surface area contributed by atoms with Crippen molar-refractivity contribution in [1.82, 2.24) is 0 Å². The van der Waals surface area contributed by atoms with E-state index in [1.54, 1.807) is 0 Å². The van der Waals surface area contributed by atoms with Gasteiger partial charge in [0.2, 0.25) is 0 Å². The summed E-state index contributed by atoms with van der Waals surface area (Å²) in [6.45, 7) is 0. The van der Waals surface area contributed by atoms with E-state index in [4.69, 9.17) is 0 Å². The molecular weight excluding hydrogens is 569 g/mol. The van der Waals surface area contributed by atoms with Crippen molar-refractivity contribution in [1.29, 1.82) is 0 Å². The number of carboxylic acids is 1. The average Bonchev–Trinajstić information content (AvgIpc) is 2.48. The van der Waals surface area contributed by atoms with Gasteiger partial charge in [-0.05, 0) is 81.9 Å². The molecule has 0 aliphatic carbocycles. The molecule has 0 saturated carbocycles. The second kappa shape index (κ2) is 7.42. The van der Waals surface area contributed by atoms with E-state index in [0.717, 1.165) is 6.07 Å². The highest BCUT2D eigenvalue weighted by molar-refractivity contribution is 9.15. The van der Waals surface area contributed by atoms with Crippen molar-refractivity contribution in [3.63, 3.8) is 0 Å². The van der Waals surface area contributed by atoms with Crippen LogP contribution in [0.25, 0.3) is 0 Å². The van der Waals surface area contributed by atoms with Crippen molar-refractivity contribution >= 4 is 81.3 Å². The van der Waals surface area contributed by atoms with Gasteiger partial charge in [-0.25, -0.2) is 4.39 Å². The summed E-state index contributed by atoms with van der Waals surface area (Å²) in [5.74, 6) is -2.79. The van der Waals surface area contributed by atoms with E-state index in [0.29, 0.717) is 8.95 Å². The summed E-state index contributed by atoms with van der Waals surface area (Å²) in [6.07, 6.45) is 0. The van der Waals surface area contributed by atoms with Crippen molar-refractivity contribution in [2.24, 2.45) is 0 Å². The summed E-state index contributed by atoms with van der Waals surface area (Å²) in [5.41, 5.74) is -0.293. The summed E-state index contributed by atoms with van der Waals surface area (Å²) in [6, 6.07) is 5.25. The van der Waals surface area contributed by atoms with E-state index in [2.05, 4.69) is 69.0 Å². The third-order valence-electron chi connectivity index (χ3n) is 2.78. The van der Waals surface area contributed by atoms with Gasteiger partial charge in [-0.15, -0.1) is 0 Å². The van der Waals surface area contributed by atoms with Crippen LogP contribution in [0.1, 0.15) is 20.7 Å². The molecule has 0 aliphatic heterocycles. The summed E-state index contributed by atoms with van der Waals surface area (Å²) >= 11 is 12.8. The zero-order chi connectivity index (χ0) is 17.3. The first-order valence-corrected chi connectivity index (χ1v) is 9.05. The largest absolute Gasteiger partial charge is 0.545 e. The van der Waals surface area contributed by atoms with Crippen LogP contribution in [0.5, 0.6) is 0 Å². The molecule has 1 N–H and O–H groups in total. The summed E-state index contributed by atoms with van der Waals surface area (Å²) < 4.78 is 14.4. The van der Waals surface area contributed by atoms with Crippen LogP contribution in [0.4, 0.5) is 10.1 Å². The number of hydrogen-bond donors (Lipinski definition) is 1. The molecule has 2 aromatic carbocycles. The van der Waals surface area contributed by atoms with E-state index in [1.807, 2.05) is 0 Å². The number of amides is 1. The number of halogens is 5. The standard InChI is InChI=1S/C14H6Br4FNO3/c15-9-7(8(14(22)23)10(16)12(18)11(9)17)13(21)20-6-3-1-2-5(19)4-6/h1-4H,(H,20,21)(H,22,23)/p-1. The Kier molecular flexibility index (Phi) is 5.99. The van der Waals surface area contributed by atoms with E-state index >= 15 is 0 Å². The number of carboxylic acid groups (broad SMARTS) is 1. The fourth-order valence-corrected chi connectivity index (χ4v) is 4.26. The molecular formula is C14H5Br4FNO3-. The molecule has 23 heavy (non-hydrogen) atoms. The molecule has 0 radical (unpaired) electrons. The van der Waals surface area contributed by atoms with Crippen LogP contribution in [-0.2, 0) is 0 Å². The molecule has 1 amide bonds. The molecule has 0 spiro atoms. The summed E-state index contributed by atoms with van der Waals surface area (Å²) in [4.78, 5) is 23.9. The molecule has 0 bridgehead atoms. The van der Waals surface area contributed by atoms with Crippen molar-refractivity contribution < 1.29 is 19.1 Å². The van der Waals surface area contributed by atoms with Crippen LogP contribution in [0.2, 0.25) is 0 Å². The second-order valence-electron chi connectivity index (χ2n) is 4.26. The molecule has 2 rings (SSSR count). The van der Waals surface area contributed by atoms with E-state index < -0.39 is 17.7 Å².